The van der Waals surface area contributed by atoms with E-state index >= 15 is 0 Å². The zero-order chi connectivity index (χ0) is 14.4. The van der Waals surface area contributed by atoms with Gasteiger partial charge in [0, 0.05) is 0 Å². The first-order valence-electron chi connectivity index (χ1n) is 8.63. The molecule has 0 aromatic heterocycles. The fourth-order valence-corrected chi connectivity index (χ4v) is 2.77. The Kier molecular flexibility index (Phi) is 17.9. The molecule has 0 aliphatic carbocycles. The molecule has 0 aliphatic rings. The topological polar surface area (TPSA) is 20.2 Å². The number of hydrogen-bond donors (Lipinski definition) is 1. The van der Waals surface area contributed by atoms with E-state index in [4.69, 9.17) is 0 Å². The molecule has 0 aromatic carbocycles. The minimum absolute atomic E-state index is 0. The summed E-state index contributed by atoms with van der Waals surface area (Å²) >= 11 is 0. The summed E-state index contributed by atoms with van der Waals surface area (Å²) in [5, 5.41) is 9.27. The van der Waals surface area contributed by atoms with Crippen molar-refractivity contribution < 1.29 is 26.6 Å². The standard InChI is InChI=1S/C17H38NO.BrH/c1-4-6-8-10-12-14-18(3,16-17-19)15-13-11-9-7-5-2;/h19H,4-17H2,1-3H3;1H/q+1;/p-1. The van der Waals surface area contributed by atoms with Crippen LogP contribution < -0.4 is 17.0 Å². The molecular formula is C17H38BrNO. The van der Waals surface area contributed by atoms with E-state index < -0.39 is 0 Å². The molecule has 0 rings (SSSR count). The number of aliphatic hydroxyl groups excluding tert-OH is 1. The van der Waals surface area contributed by atoms with E-state index in [0.29, 0.717) is 6.61 Å². The summed E-state index contributed by atoms with van der Waals surface area (Å²) in [6.07, 6.45) is 13.5. The number of rotatable bonds is 14. The molecule has 2 nitrogen and oxygen atoms in total. The lowest BCUT2D eigenvalue weighted by Gasteiger charge is -2.34. The highest BCUT2D eigenvalue weighted by Gasteiger charge is 2.19. The second kappa shape index (κ2) is 15.8. The van der Waals surface area contributed by atoms with Gasteiger partial charge < -0.3 is 26.6 Å². The fourth-order valence-electron chi connectivity index (χ4n) is 2.77. The lowest BCUT2D eigenvalue weighted by Crippen LogP contribution is -3.00. The predicted octanol–water partition coefficient (Wildman–Crippen LogP) is 1.37. The second-order valence-corrected chi connectivity index (χ2v) is 6.34. The van der Waals surface area contributed by atoms with E-state index in [-0.39, 0.29) is 17.0 Å². The number of halogens is 1. The second-order valence-electron chi connectivity index (χ2n) is 6.34. The highest BCUT2D eigenvalue weighted by atomic mass is 79.9. The van der Waals surface area contributed by atoms with Crippen molar-refractivity contribution in [2.24, 2.45) is 0 Å². The lowest BCUT2D eigenvalue weighted by atomic mass is 10.1. The van der Waals surface area contributed by atoms with Gasteiger partial charge in [0.1, 0.15) is 6.54 Å². The average molecular weight is 352 g/mol. The number of quaternary nitrogens is 1. The molecule has 0 saturated heterocycles. The van der Waals surface area contributed by atoms with Gasteiger partial charge in [-0.05, 0) is 25.7 Å². The molecule has 20 heavy (non-hydrogen) atoms. The van der Waals surface area contributed by atoms with Gasteiger partial charge in [0.2, 0.25) is 0 Å². The van der Waals surface area contributed by atoms with E-state index in [1.54, 1.807) is 0 Å². The van der Waals surface area contributed by atoms with Crippen LogP contribution in [-0.4, -0.2) is 42.9 Å². The summed E-state index contributed by atoms with van der Waals surface area (Å²) in [6, 6.07) is 0. The van der Waals surface area contributed by atoms with Crippen molar-refractivity contribution in [3.8, 4) is 0 Å². The largest absolute Gasteiger partial charge is 1.00 e. The number of unbranched alkanes of at least 4 members (excludes halogenated alkanes) is 8. The van der Waals surface area contributed by atoms with Crippen molar-refractivity contribution in [1.82, 2.24) is 0 Å². The van der Waals surface area contributed by atoms with Crippen LogP contribution in [0.2, 0.25) is 0 Å². The van der Waals surface area contributed by atoms with Crippen LogP contribution in [0.4, 0.5) is 0 Å². The van der Waals surface area contributed by atoms with Crippen molar-refractivity contribution in [3.05, 3.63) is 0 Å². The van der Waals surface area contributed by atoms with Crippen LogP contribution >= 0.6 is 0 Å². The van der Waals surface area contributed by atoms with Gasteiger partial charge in [-0.2, -0.15) is 0 Å². The molecule has 124 valence electrons. The third-order valence-corrected chi connectivity index (χ3v) is 4.24. The number of hydrogen-bond acceptors (Lipinski definition) is 1. The monoisotopic (exact) mass is 351 g/mol. The zero-order valence-electron chi connectivity index (χ0n) is 14.2. The van der Waals surface area contributed by atoms with Gasteiger partial charge in [-0.1, -0.05) is 52.4 Å². The van der Waals surface area contributed by atoms with Crippen LogP contribution in [0.5, 0.6) is 0 Å². The molecule has 0 aromatic rings. The van der Waals surface area contributed by atoms with E-state index in [9.17, 15) is 5.11 Å². The van der Waals surface area contributed by atoms with Gasteiger partial charge >= 0.3 is 0 Å². The minimum atomic E-state index is 0. The van der Waals surface area contributed by atoms with Crippen molar-refractivity contribution >= 4 is 0 Å². The van der Waals surface area contributed by atoms with E-state index in [1.165, 1.54) is 77.3 Å². The third kappa shape index (κ3) is 13.4. The van der Waals surface area contributed by atoms with E-state index in [0.717, 1.165) is 11.0 Å². The van der Waals surface area contributed by atoms with Crippen LogP contribution in [0.1, 0.15) is 78.1 Å². The maximum absolute atomic E-state index is 9.27. The average Bonchev–Trinajstić information content (AvgIpc) is 2.39. The Balaban J connectivity index is 0. The van der Waals surface area contributed by atoms with Crippen molar-refractivity contribution in [2.75, 3.05) is 33.3 Å². The summed E-state index contributed by atoms with van der Waals surface area (Å²) in [6.45, 7) is 8.29. The highest BCUT2D eigenvalue weighted by molar-refractivity contribution is 4.48. The first-order valence-corrected chi connectivity index (χ1v) is 8.63. The molecule has 0 saturated carbocycles. The fraction of sp³-hybridized carbons (Fsp3) is 1.00. The minimum Gasteiger partial charge on any atom is -1.00 e. The van der Waals surface area contributed by atoms with Crippen LogP contribution in [-0.2, 0) is 0 Å². The maximum Gasteiger partial charge on any atom is 0.102 e. The van der Waals surface area contributed by atoms with Crippen molar-refractivity contribution in [2.45, 2.75) is 78.1 Å². The molecule has 0 unspecified atom stereocenters. The Labute approximate surface area is 138 Å². The van der Waals surface area contributed by atoms with Gasteiger partial charge in [-0.15, -0.1) is 0 Å². The van der Waals surface area contributed by atoms with Crippen molar-refractivity contribution in [3.63, 3.8) is 0 Å². The molecule has 0 fully saturated rings. The Morgan fingerprint density at radius 2 is 1.05 bits per heavy atom. The molecule has 0 bridgehead atoms. The summed E-state index contributed by atoms with van der Waals surface area (Å²) in [5.74, 6) is 0. The molecule has 0 amide bonds. The van der Waals surface area contributed by atoms with Crippen LogP contribution in [0.3, 0.4) is 0 Å². The molecular weight excluding hydrogens is 314 g/mol. The summed E-state index contributed by atoms with van der Waals surface area (Å²) in [7, 11) is 2.33. The first kappa shape index (κ1) is 22.7. The Morgan fingerprint density at radius 3 is 1.40 bits per heavy atom. The molecule has 1 N–H and O–H groups in total. The highest BCUT2D eigenvalue weighted by Crippen LogP contribution is 2.12. The molecule has 0 radical (unpaired) electrons. The smallest absolute Gasteiger partial charge is 0.102 e. The van der Waals surface area contributed by atoms with Gasteiger partial charge in [-0.25, -0.2) is 0 Å². The van der Waals surface area contributed by atoms with Gasteiger partial charge in [0.15, 0.2) is 0 Å². The maximum atomic E-state index is 9.27. The van der Waals surface area contributed by atoms with Gasteiger partial charge in [-0.3, -0.25) is 0 Å². The Hall–Kier alpha value is 0.400. The number of nitrogens with zero attached hydrogens (tertiary/aromatic N) is 1. The van der Waals surface area contributed by atoms with Crippen LogP contribution in [0, 0.1) is 0 Å². The van der Waals surface area contributed by atoms with Gasteiger partial charge in [0.05, 0.1) is 26.7 Å². The Bertz CT molecular complexity index is 174. The Morgan fingerprint density at radius 1 is 0.650 bits per heavy atom. The lowest BCUT2D eigenvalue weighted by molar-refractivity contribution is -0.910. The first-order chi connectivity index (χ1) is 9.18. The van der Waals surface area contributed by atoms with Crippen molar-refractivity contribution in [1.29, 1.82) is 0 Å². The van der Waals surface area contributed by atoms with E-state index in [2.05, 4.69) is 20.9 Å². The third-order valence-electron chi connectivity index (χ3n) is 4.24. The quantitative estimate of drug-likeness (QED) is 0.370. The molecule has 0 atom stereocenters. The summed E-state index contributed by atoms with van der Waals surface area (Å²) in [5.41, 5.74) is 0. The van der Waals surface area contributed by atoms with Crippen LogP contribution in [0.15, 0.2) is 0 Å². The molecule has 0 heterocycles. The normalized spacial score (nSPS) is 11.4. The summed E-state index contributed by atoms with van der Waals surface area (Å²) < 4.78 is 1.08. The molecule has 3 heteroatoms. The van der Waals surface area contributed by atoms with E-state index in [1.807, 2.05) is 0 Å². The zero-order valence-corrected chi connectivity index (χ0v) is 15.8. The number of aliphatic hydroxyl groups is 1. The SMILES string of the molecule is CCCCCCC[N+](C)(CCO)CCCCCCC.[Br-]. The molecule has 0 aliphatic heterocycles. The van der Waals surface area contributed by atoms with Gasteiger partial charge in [0.25, 0.3) is 0 Å². The summed E-state index contributed by atoms with van der Waals surface area (Å²) in [4.78, 5) is 0. The molecule has 0 spiro atoms. The van der Waals surface area contributed by atoms with Crippen LogP contribution in [0.25, 0.3) is 0 Å². The predicted molar refractivity (Wildman–Crippen MR) is 85.4 cm³/mol. The number of likely N-dealkylation sites (N-methyl/N-ethyl adjacent to an activating group) is 1.